The van der Waals surface area contributed by atoms with E-state index in [0.29, 0.717) is 17.3 Å². The van der Waals surface area contributed by atoms with Gasteiger partial charge >= 0.3 is 5.97 Å². The maximum Gasteiger partial charge on any atom is 0.337 e. The lowest BCUT2D eigenvalue weighted by Crippen LogP contribution is -2.41. The highest BCUT2D eigenvalue weighted by Gasteiger charge is 2.27. The van der Waals surface area contributed by atoms with E-state index in [9.17, 15) is 14.7 Å². The predicted octanol–water partition coefficient (Wildman–Crippen LogP) is 1.82. The van der Waals surface area contributed by atoms with Crippen molar-refractivity contribution in [3.63, 3.8) is 0 Å². The average Bonchev–Trinajstić information content (AvgIpc) is 2.32. The largest absolute Gasteiger partial charge is 0.478 e. The molecule has 1 fully saturated rings. The van der Waals surface area contributed by atoms with Crippen LogP contribution in [0.1, 0.15) is 47.4 Å². The summed E-state index contributed by atoms with van der Waals surface area (Å²) in [6.45, 7) is 6.48. The highest BCUT2D eigenvalue weighted by Crippen LogP contribution is 2.27. The second-order valence-electron chi connectivity index (χ2n) is 5.81. The number of aromatic carboxylic acids is 1. The molecule has 2 rings (SSSR count). The molecule has 1 aromatic rings. The number of carbonyl (C=O) groups is 1. The summed E-state index contributed by atoms with van der Waals surface area (Å²) in [5.74, 6) is -0.963. The minimum atomic E-state index is -0.963. The van der Waals surface area contributed by atoms with Crippen LogP contribution >= 0.6 is 0 Å². The standard InChI is InChI=1S/C15H22N2O3/c1-9-7-13(18)17(11(3)14(9)15(19)20)12-5-6-16(4)10(2)8-12/h7,10,12H,5-6,8H2,1-4H3,(H,19,20). The number of hydrogen-bond donors (Lipinski definition) is 1. The van der Waals surface area contributed by atoms with Gasteiger partial charge < -0.3 is 14.6 Å². The minimum Gasteiger partial charge on any atom is -0.478 e. The van der Waals surface area contributed by atoms with Crippen LogP contribution in [0.4, 0.5) is 0 Å². The van der Waals surface area contributed by atoms with Crippen molar-refractivity contribution in [1.82, 2.24) is 9.47 Å². The minimum absolute atomic E-state index is 0.0902. The van der Waals surface area contributed by atoms with Crippen molar-refractivity contribution in [3.8, 4) is 0 Å². The number of carboxylic acids is 1. The van der Waals surface area contributed by atoms with E-state index in [2.05, 4.69) is 18.9 Å². The molecule has 2 heterocycles. The smallest absolute Gasteiger partial charge is 0.337 e. The van der Waals surface area contributed by atoms with Gasteiger partial charge in [-0.05, 0) is 46.2 Å². The first-order valence-electron chi connectivity index (χ1n) is 6.99. The summed E-state index contributed by atoms with van der Waals surface area (Å²) in [5.41, 5.74) is 1.28. The first kappa shape index (κ1) is 14.8. The van der Waals surface area contributed by atoms with Gasteiger partial charge in [0.25, 0.3) is 5.56 Å². The Morgan fingerprint density at radius 3 is 2.60 bits per heavy atom. The Bertz CT molecular complexity index is 592. The summed E-state index contributed by atoms with van der Waals surface area (Å²) in [4.78, 5) is 25.9. The van der Waals surface area contributed by atoms with Crippen LogP contribution in [-0.2, 0) is 0 Å². The van der Waals surface area contributed by atoms with Crippen LogP contribution in [0.5, 0.6) is 0 Å². The molecule has 0 amide bonds. The molecule has 0 radical (unpaired) electrons. The Kier molecular flexibility index (Phi) is 3.99. The van der Waals surface area contributed by atoms with Crippen LogP contribution in [0, 0.1) is 13.8 Å². The fourth-order valence-electron chi connectivity index (χ4n) is 3.17. The first-order chi connectivity index (χ1) is 9.32. The Morgan fingerprint density at radius 1 is 1.40 bits per heavy atom. The van der Waals surface area contributed by atoms with E-state index < -0.39 is 5.97 Å². The van der Waals surface area contributed by atoms with E-state index in [-0.39, 0.29) is 17.2 Å². The SMILES string of the molecule is Cc1cc(=O)n(C2CCN(C)C(C)C2)c(C)c1C(=O)O. The van der Waals surface area contributed by atoms with Crippen LogP contribution in [0.3, 0.4) is 0 Å². The zero-order chi connectivity index (χ0) is 15.0. The van der Waals surface area contributed by atoms with E-state index >= 15 is 0 Å². The number of hydrogen-bond acceptors (Lipinski definition) is 3. The Morgan fingerprint density at radius 2 is 2.05 bits per heavy atom. The average molecular weight is 278 g/mol. The van der Waals surface area contributed by atoms with E-state index in [4.69, 9.17) is 0 Å². The number of rotatable bonds is 2. The molecular formula is C15H22N2O3. The Balaban J connectivity index is 2.49. The van der Waals surface area contributed by atoms with Crippen molar-refractivity contribution in [2.45, 2.75) is 45.7 Å². The lowest BCUT2D eigenvalue weighted by atomic mass is 9.97. The van der Waals surface area contributed by atoms with Crippen LogP contribution in [-0.4, -0.2) is 40.2 Å². The van der Waals surface area contributed by atoms with E-state index in [0.717, 1.165) is 19.4 Å². The molecule has 0 bridgehead atoms. The molecule has 110 valence electrons. The summed E-state index contributed by atoms with van der Waals surface area (Å²) in [6, 6.07) is 1.93. The van der Waals surface area contributed by atoms with Gasteiger partial charge in [-0.2, -0.15) is 0 Å². The number of carboxylic acid groups (broad SMARTS) is 1. The quantitative estimate of drug-likeness (QED) is 0.896. The van der Waals surface area contributed by atoms with Gasteiger partial charge in [-0.15, -0.1) is 0 Å². The molecule has 0 saturated carbocycles. The van der Waals surface area contributed by atoms with Crippen molar-refractivity contribution in [2.75, 3.05) is 13.6 Å². The van der Waals surface area contributed by atoms with Crippen LogP contribution < -0.4 is 5.56 Å². The molecule has 1 aromatic heterocycles. The molecule has 20 heavy (non-hydrogen) atoms. The van der Waals surface area contributed by atoms with Gasteiger partial charge in [0.2, 0.25) is 0 Å². The van der Waals surface area contributed by atoms with Gasteiger partial charge in [-0.25, -0.2) is 4.79 Å². The first-order valence-corrected chi connectivity index (χ1v) is 6.99. The number of nitrogens with zero attached hydrogens (tertiary/aromatic N) is 2. The second-order valence-corrected chi connectivity index (χ2v) is 5.81. The summed E-state index contributed by atoms with van der Waals surface area (Å²) in [6.07, 6.45) is 1.75. The van der Waals surface area contributed by atoms with Crippen LogP contribution in [0.2, 0.25) is 0 Å². The zero-order valence-electron chi connectivity index (χ0n) is 12.5. The predicted molar refractivity (Wildman–Crippen MR) is 77.5 cm³/mol. The molecule has 1 N–H and O–H groups in total. The van der Waals surface area contributed by atoms with Gasteiger partial charge in [0.05, 0.1) is 5.56 Å². The number of piperidine rings is 1. The summed E-state index contributed by atoms with van der Waals surface area (Å²) in [5, 5.41) is 9.33. The van der Waals surface area contributed by atoms with Crippen molar-refractivity contribution in [1.29, 1.82) is 0 Å². The third kappa shape index (κ3) is 2.50. The Labute approximate surface area is 118 Å². The number of pyridine rings is 1. The molecule has 0 spiro atoms. The third-order valence-electron chi connectivity index (χ3n) is 4.45. The van der Waals surface area contributed by atoms with Gasteiger partial charge in [0.15, 0.2) is 0 Å². The van der Waals surface area contributed by atoms with Crippen molar-refractivity contribution in [3.05, 3.63) is 33.2 Å². The van der Waals surface area contributed by atoms with Crippen LogP contribution in [0.15, 0.2) is 10.9 Å². The van der Waals surface area contributed by atoms with Crippen molar-refractivity contribution in [2.24, 2.45) is 0 Å². The fraction of sp³-hybridized carbons (Fsp3) is 0.600. The summed E-state index contributed by atoms with van der Waals surface area (Å²) in [7, 11) is 2.08. The maximum atomic E-state index is 12.3. The highest BCUT2D eigenvalue weighted by atomic mass is 16.4. The van der Waals surface area contributed by atoms with Gasteiger partial charge in [-0.1, -0.05) is 0 Å². The van der Waals surface area contributed by atoms with E-state index in [1.807, 2.05) is 0 Å². The lowest BCUT2D eigenvalue weighted by Gasteiger charge is -2.36. The molecule has 5 nitrogen and oxygen atoms in total. The molecule has 1 aliphatic heterocycles. The molecule has 5 heteroatoms. The lowest BCUT2D eigenvalue weighted by molar-refractivity contribution is 0.0693. The number of likely N-dealkylation sites (tertiary alicyclic amines) is 1. The summed E-state index contributed by atoms with van der Waals surface area (Å²) < 4.78 is 1.68. The molecule has 2 unspecified atom stereocenters. The van der Waals surface area contributed by atoms with E-state index in [1.165, 1.54) is 6.07 Å². The second kappa shape index (κ2) is 5.40. The third-order valence-corrected chi connectivity index (χ3v) is 4.45. The van der Waals surface area contributed by atoms with E-state index in [1.54, 1.807) is 18.4 Å². The van der Waals surface area contributed by atoms with Gasteiger partial charge in [0.1, 0.15) is 0 Å². The molecule has 2 atom stereocenters. The maximum absolute atomic E-state index is 12.3. The molecule has 1 aliphatic rings. The summed E-state index contributed by atoms with van der Waals surface area (Å²) >= 11 is 0. The van der Waals surface area contributed by atoms with Crippen LogP contribution in [0.25, 0.3) is 0 Å². The number of aryl methyl sites for hydroxylation is 1. The van der Waals surface area contributed by atoms with Gasteiger partial charge in [-0.3, -0.25) is 4.79 Å². The number of aromatic nitrogens is 1. The van der Waals surface area contributed by atoms with Gasteiger partial charge in [0, 0.05) is 30.4 Å². The Hall–Kier alpha value is -1.62. The normalized spacial score (nSPS) is 23.8. The monoisotopic (exact) mass is 278 g/mol. The molecular weight excluding hydrogens is 256 g/mol. The molecule has 0 aliphatic carbocycles. The molecule has 0 aromatic carbocycles. The van der Waals surface area contributed by atoms with Crippen molar-refractivity contribution >= 4 is 5.97 Å². The van der Waals surface area contributed by atoms with Crippen molar-refractivity contribution < 1.29 is 9.90 Å². The fourth-order valence-corrected chi connectivity index (χ4v) is 3.17. The zero-order valence-corrected chi connectivity index (χ0v) is 12.5. The molecule has 1 saturated heterocycles. The highest BCUT2D eigenvalue weighted by molar-refractivity contribution is 5.90. The topological polar surface area (TPSA) is 62.5 Å².